The Hall–Kier alpha value is -15.6. The predicted octanol–water partition coefficient (Wildman–Crippen LogP) is 30.1. The van der Waals surface area contributed by atoms with Gasteiger partial charge in [0, 0.05) is 130 Å². The summed E-state index contributed by atoms with van der Waals surface area (Å²) >= 11 is 0. The third-order valence-electron chi connectivity index (χ3n) is 26.0. The van der Waals surface area contributed by atoms with Gasteiger partial charge in [-0.3, -0.25) is 0 Å². The van der Waals surface area contributed by atoms with E-state index in [1.165, 1.54) is 83.4 Å². The highest BCUT2D eigenvalue weighted by atomic mass is 16.3. The van der Waals surface area contributed by atoms with Gasteiger partial charge in [-0.05, 0) is 221 Å². The van der Waals surface area contributed by atoms with Gasteiger partial charge in [0.25, 0.3) is 0 Å². The molecular weight excluding hydrogens is 1560 g/mol. The van der Waals surface area contributed by atoms with Gasteiger partial charge in [-0.1, -0.05) is 237 Å². The molecule has 616 valence electrons. The molecule has 0 aliphatic carbocycles. The molecule has 0 saturated heterocycles. The van der Waals surface area contributed by atoms with Gasteiger partial charge >= 0.3 is 0 Å². The molecule has 8 nitrogen and oxygen atoms in total. The first-order valence-electron chi connectivity index (χ1n) is 46.2. The molecule has 0 unspecified atom stereocenters. The lowest BCUT2D eigenvalue weighted by molar-refractivity contribution is -0.660. The molecule has 8 aromatic heterocycles. The van der Waals surface area contributed by atoms with Crippen molar-refractivity contribution in [3.63, 3.8) is 0 Å². The molecule has 8 heteroatoms. The number of benzene rings is 16. The molecule has 16 aromatic carbocycles. The van der Waals surface area contributed by atoms with Gasteiger partial charge in [0.05, 0.1) is 11.1 Å². The molecular formula is C120H96N4O4+4. The van der Waals surface area contributed by atoms with Crippen molar-refractivity contribution in [3.8, 4) is 89.5 Å². The Morgan fingerprint density at radius 1 is 0.219 bits per heavy atom. The first-order chi connectivity index (χ1) is 64.5. The first kappa shape index (κ1) is 73.8. The number of pyridine rings is 4. The Balaban J connectivity index is 0.000000107. The lowest BCUT2D eigenvalue weighted by atomic mass is 9.93. The van der Waals surface area contributed by atoms with Crippen molar-refractivity contribution in [3.05, 3.63) is 409 Å². The smallest absolute Gasteiger partial charge is 0.213 e. The van der Waals surface area contributed by atoms with Gasteiger partial charge in [-0.2, -0.15) is 0 Å². The summed E-state index contributed by atoms with van der Waals surface area (Å²) in [6.07, 6.45) is 8.21. The average Bonchev–Trinajstić information content (AvgIpc) is 1.61. The molecule has 0 saturated carbocycles. The lowest BCUT2D eigenvalue weighted by Gasteiger charge is -2.12. The number of fused-ring (bicyclic) bond motifs is 20. The minimum absolute atomic E-state index is 0.339. The van der Waals surface area contributed by atoms with E-state index < -0.39 is 13.7 Å². The normalized spacial score (nSPS) is 12.3. The third kappa shape index (κ3) is 14.2. The zero-order valence-electron chi connectivity index (χ0n) is 78.1. The van der Waals surface area contributed by atoms with Crippen LogP contribution >= 0.6 is 0 Å². The Labute approximate surface area is 751 Å². The third-order valence-corrected chi connectivity index (χ3v) is 26.0. The SMILES string of the molecule is Cc1c[n+](C)c(-c2cc3c(cc2C)oc2c4ccccc4ccc32)cc1-c1ccccc1.Cc1cc2oc3c4ccccc4ccc3c2cc1-c1cc(-c2ccccc2)cc[n+]1C.[2H]C([2H])([2H])c1c[n+](C)c(-c2cc3oc4c5ccccc5ccc4c3c(C)c2C)cc1-c1ccccc1.[2H]C([2H])c1cc2c3cc(C)c(-c4cc(-c5ccccc5)cc[n+]4C)cc3oc2c2ccccc12. The molecule has 8 heterocycles. The second kappa shape index (κ2) is 32.5. The van der Waals surface area contributed by atoms with Crippen molar-refractivity contribution < 1.29 is 42.8 Å². The van der Waals surface area contributed by atoms with E-state index >= 15 is 0 Å². The number of furan rings is 4. The largest absolute Gasteiger partial charge is 0.455 e. The van der Waals surface area contributed by atoms with Crippen LogP contribution in [0.5, 0.6) is 0 Å². The van der Waals surface area contributed by atoms with Crippen LogP contribution in [0, 0.1) is 55.3 Å². The van der Waals surface area contributed by atoms with E-state index in [2.05, 4.69) is 350 Å². The molecule has 0 atom stereocenters. The van der Waals surface area contributed by atoms with Crippen LogP contribution in [0.15, 0.2) is 382 Å². The molecule has 0 aliphatic rings. The highest BCUT2D eigenvalue weighted by Crippen LogP contribution is 2.45. The molecule has 0 fully saturated rings. The fourth-order valence-corrected chi connectivity index (χ4v) is 19.2. The topological polar surface area (TPSA) is 68.1 Å². The van der Waals surface area contributed by atoms with E-state index in [4.69, 9.17) is 24.5 Å². The van der Waals surface area contributed by atoms with Crippen molar-refractivity contribution in [2.24, 2.45) is 28.2 Å². The number of aryl methyl sites for hydroxylation is 11. The van der Waals surface area contributed by atoms with E-state index in [0.717, 1.165) is 170 Å². The van der Waals surface area contributed by atoms with Crippen LogP contribution < -0.4 is 18.3 Å². The molecule has 0 bridgehead atoms. The minimum atomic E-state index is -2.23. The van der Waals surface area contributed by atoms with Gasteiger partial charge in [0.15, 0.2) is 24.8 Å². The maximum atomic E-state index is 8.15. The monoisotopic (exact) mass is 1660 g/mol. The van der Waals surface area contributed by atoms with Gasteiger partial charge in [-0.15, -0.1) is 0 Å². The highest BCUT2D eigenvalue weighted by molar-refractivity contribution is 6.20. The van der Waals surface area contributed by atoms with Crippen molar-refractivity contribution in [2.45, 2.75) is 55.3 Å². The maximum absolute atomic E-state index is 8.15. The standard InChI is InChI=1S/C31H26NO.2C30H24NO.C29H22NO/c1-19-18-32(4)28(16-26(19)22-10-6-5-7-11-22)27-17-29-30(21(3)20(27)2)25-15-14-23-12-8-9-13-24(23)31(25)33-29;1-19-16-27-26-15-20(2)25(18-29(26)32-30(27)24-12-8-7-11-23(19)24)28-17-22(13-14-31(28)3)21-9-5-4-6-10-21;1-19-15-29-27(24-14-13-22-11-7-8-12-23(22)30(24)32-29)16-26(19)28-17-25(20(2)18-31(28)3)21-9-5-4-6-10-21;1-19-16-28-26(24-13-12-21-10-6-7-11-23(21)29(24)31-28)18-25(19)27-17-22(14-15-30(27)2)20-8-4-3-5-9-20/h5-18H,1-4H3;2*4-18H,1-3H3;3-18H,1-2H3/q4*+1/i1D3;1D2;;. The molecule has 24 rings (SSSR count). The molecule has 0 radical (unpaired) electrons. The van der Waals surface area contributed by atoms with E-state index in [-0.39, 0.29) is 0 Å². The highest BCUT2D eigenvalue weighted by Gasteiger charge is 2.27. The summed E-state index contributed by atoms with van der Waals surface area (Å²) in [6, 6.07) is 118. The summed E-state index contributed by atoms with van der Waals surface area (Å²) in [6.45, 7) is 9.62. The van der Waals surface area contributed by atoms with Crippen molar-refractivity contribution >= 4 is 131 Å². The Bertz CT molecular complexity index is 8770. The van der Waals surface area contributed by atoms with E-state index in [9.17, 15) is 0 Å². The number of aromatic nitrogens is 4. The van der Waals surface area contributed by atoms with Crippen LogP contribution in [0.2, 0.25) is 0 Å². The molecule has 0 N–H and O–H groups in total. The summed E-state index contributed by atoms with van der Waals surface area (Å²) in [5.74, 6) is 0. The summed E-state index contributed by atoms with van der Waals surface area (Å²) in [5.41, 5.74) is 33.3. The summed E-state index contributed by atoms with van der Waals surface area (Å²) < 4.78 is 74.7. The van der Waals surface area contributed by atoms with Gasteiger partial charge < -0.3 is 17.7 Å². The van der Waals surface area contributed by atoms with Crippen LogP contribution in [0.3, 0.4) is 0 Å². The Morgan fingerprint density at radius 3 is 1.06 bits per heavy atom. The Kier molecular flexibility index (Phi) is 18.7. The van der Waals surface area contributed by atoms with Crippen LogP contribution in [0.1, 0.15) is 51.4 Å². The molecule has 0 spiro atoms. The maximum Gasteiger partial charge on any atom is 0.213 e. The number of nitrogens with zero attached hydrogens (tertiary/aromatic N) is 4. The second-order valence-corrected chi connectivity index (χ2v) is 34.1. The zero-order chi connectivity index (χ0) is 91.4. The van der Waals surface area contributed by atoms with Crippen LogP contribution in [-0.4, -0.2) is 0 Å². The zero-order valence-corrected chi connectivity index (χ0v) is 73.1. The van der Waals surface area contributed by atoms with Crippen LogP contribution in [0.25, 0.3) is 220 Å². The fourth-order valence-electron chi connectivity index (χ4n) is 19.2. The summed E-state index contributed by atoms with van der Waals surface area (Å²) in [7, 11) is 8.20. The van der Waals surface area contributed by atoms with Gasteiger partial charge in [0.1, 0.15) is 72.9 Å². The predicted molar refractivity (Wildman–Crippen MR) is 531 cm³/mol. The van der Waals surface area contributed by atoms with Crippen molar-refractivity contribution in [1.82, 2.24) is 0 Å². The van der Waals surface area contributed by atoms with E-state index in [0.29, 0.717) is 11.1 Å². The molecule has 0 amide bonds. The molecule has 0 aliphatic heterocycles. The van der Waals surface area contributed by atoms with E-state index in [1.54, 1.807) is 6.20 Å². The number of rotatable bonds is 8. The average molecular weight is 1660 g/mol. The van der Waals surface area contributed by atoms with Crippen LogP contribution in [0.4, 0.5) is 0 Å². The number of hydrogen-bond acceptors (Lipinski definition) is 4. The Morgan fingerprint density at radius 2 is 0.570 bits per heavy atom. The van der Waals surface area contributed by atoms with Crippen molar-refractivity contribution in [2.75, 3.05) is 0 Å². The van der Waals surface area contributed by atoms with Gasteiger partial charge in [0.2, 0.25) is 22.8 Å². The summed E-state index contributed by atoms with van der Waals surface area (Å²) in [4.78, 5) is 0. The van der Waals surface area contributed by atoms with Crippen molar-refractivity contribution in [1.29, 1.82) is 0 Å². The molecule has 128 heavy (non-hydrogen) atoms. The fraction of sp³-hybridized carbons (Fsp3) is 0.100. The van der Waals surface area contributed by atoms with Gasteiger partial charge in [-0.25, -0.2) is 18.3 Å². The molecule has 24 aromatic rings. The second-order valence-electron chi connectivity index (χ2n) is 34.1. The van der Waals surface area contributed by atoms with E-state index in [1.807, 2.05) is 96.5 Å². The first-order valence-corrected chi connectivity index (χ1v) is 43.6. The summed E-state index contributed by atoms with van der Waals surface area (Å²) in [5, 5.41) is 17.7. The quantitative estimate of drug-likeness (QED) is 0.142. The minimum Gasteiger partial charge on any atom is -0.455 e. The lowest BCUT2D eigenvalue weighted by Crippen LogP contribution is -2.31. The van der Waals surface area contributed by atoms with Crippen LogP contribution in [-0.2, 0) is 28.2 Å². The number of hydrogen-bond donors (Lipinski definition) is 0.